The van der Waals surface area contributed by atoms with Crippen LogP contribution < -0.4 is 26.2 Å². The van der Waals surface area contributed by atoms with Crippen molar-refractivity contribution in [1.29, 1.82) is 0 Å². The lowest BCUT2D eigenvalue weighted by Gasteiger charge is -2.48. The summed E-state index contributed by atoms with van der Waals surface area (Å²) >= 11 is 0. The van der Waals surface area contributed by atoms with Gasteiger partial charge in [-0.05, 0) is 50.8 Å². The number of ether oxygens (including phenoxy) is 6. The molecule has 0 spiro atoms. The lowest BCUT2D eigenvalue weighted by atomic mass is 9.81. The van der Waals surface area contributed by atoms with Gasteiger partial charge in [-0.25, -0.2) is 14.4 Å². The van der Waals surface area contributed by atoms with Crippen molar-refractivity contribution in [2.45, 2.75) is 246 Å². The monoisotopic (exact) mass is 1520 g/mol. The van der Waals surface area contributed by atoms with Crippen LogP contribution in [0.3, 0.4) is 0 Å². The molecule has 0 bridgehead atoms. The summed E-state index contributed by atoms with van der Waals surface area (Å²) in [5, 5.41) is 160. The van der Waals surface area contributed by atoms with E-state index in [4.69, 9.17) is 28.4 Å². The van der Waals surface area contributed by atoms with Crippen molar-refractivity contribution in [3.63, 3.8) is 0 Å². The predicted molar refractivity (Wildman–Crippen MR) is 379 cm³/mol. The number of benzene rings is 2. The second-order valence-corrected chi connectivity index (χ2v) is 28.9. The summed E-state index contributed by atoms with van der Waals surface area (Å²) < 4.78 is 37.7. The number of aryl methyl sites for hydroxylation is 1. The zero-order valence-corrected chi connectivity index (χ0v) is 61.6. The Morgan fingerprint density at radius 3 is 1.61 bits per heavy atom. The van der Waals surface area contributed by atoms with Crippen LogP contribution in [0.15, 0.2) is 90.8 Å². The maximum absolute atomic E-state index is 13.2. The third-order valence-electron chi connectivity index (χ3n) is 20.1. The lowest BCUT2D eigenvalue weighted by Crippen LogP contribution is -2.69. The fourth-order valence-electron chi connectivity index (χ4n) is 14.6. The molecule has 0 unspecified atom stereocenters. The number of carbonyl (C=O) groups is 7. The van der Waals surface area contributed by atoms with Crippen LogP contribution in [0, 0.1) is 0 Å². The number of aliphatic carboxylic acids is 3. The van der Waals surface area contributed by atoms with Gasteiger partial charge in [0.25, 0.3) is 17.4 Å². The maximum Gasteiger partial charge on any atom is 0.364 e. The Hall–Kier alpha value is -8.08. The van der Waals surface area contributed by atoms with Crippen molar-refractivity contribution in [1.82, 2.24) is 36.3 Å². The molecule has 3 fully saturated rings. The van der Waals surface area contributed by atoms with Crippen molar-refractivity contribution in [3.8, 4) is 0 Å². The summed E-state index contributed by atoms with van der Waals surface area (Å²) in [5.41, 5.74) is 7.44. The Bertz CT molecular complexity index is 3790. The number of carboxylic acid groups (broad SMARTS) is 3. The van der Waals surface area contributed by atoms with E-state index in [0.717, 1.165) is 58.8 Å². The van der Waals surface area contributed by atoms with Gasteiger partial charge in [-0.1, -0.05) is 87.0 Å². The molecule has 0 saturated carbocycles. The van der Waals surface area contributed by atoms with Crippen molar-refractivity contribution in [2.24, 2.45) is 0 Å². The quantitative estimate of drug-likeness (QED) is 0.0180. The van der Waals surface area contributed by atoms with Crippen LogP contribution in [0.4, 0.5) is 11.4 Å². The molecule has 6 heterocycles. The highest BCUT2D eigenvalue weighted by atomic mass is 16.7. The standard InChI is InChI=1S/C73H103N9O26/c1-9-28-81-46-23-17-15-21-44(46)69(5,6)54(81)25-12-10-13-26-55-70(7,8)45-22-16-18-24-47(45)82(55)30-19-11-14-27-56(93)74-35-43-36-80(79-78-43)29-20-31-103-71(66(97)98)32-48(87)58(76-41(3)85)64(106-71)61(95)52(91)38-105-73(68(101)102)34-50(89)59(77-42(4)86)65(108-73)62(96)53(92)39-104-72(67(99)100)33-49(88)57(75-40(2)84)63(107-72)60(94)51(90)37-83/h10,12-13,15-18,21-26,36,48-53,57-65,83,87-92,94-96H,9,11,14,19-20,27-35,37-39H2,1-8H3,(H6-,74,75,76,77,84,85,86,93,97,98,99,100,101,102)/p+1/t48-,49-,50-,51+,52+,53+,57+,58+,59+,60+,61+,62+,63+,64+,65+,71+,72+,73+/m0/s1. The van der Waals surface area contributed by atoms with Gasteiger partial charge >= 0.3 is 17.9 Å². The number of nitrogens with zero attached hydrogens (tertiary/aromatic N) is 5. The SMILES string of the molecule is CCC[N+]1=C(C=CC=CC=C2N(CCCCCC(=O)NCc3cn(CCCO[C@]4(C(=O)O)C[C@H](O)[C@@H](NC(C)=O)[C@H]([C@H](O)[C@H](O)CO[C@]5(C(=O)O)C[C@H](O)[C@@H](NC(C)=O)[C@H]([C@H](O)[C@H](O)CO[C@]6(C(=O)O)C[C@H](O)[C@@H](NC(C)=O)[C@H]([C@H](O)[C@H](O)CO)O6)O5)O4)nn3)c3ccccc3C2(C)C)C(C)(C)c2ccccc21. The third-order valence-corrected chi connectivity index (χ3v) is 20.1. The molecule has 5 aliphatic rings. The molecule has 4 amide bonds. The molecule has 0 radical (unpaired) electrons. The number of fused-ring (bicyclic) bond motifs is 2. The maximum atomic E-state index is 13.2. The highest BCUT2D eigenvalue weighted by Crippen LogP contribution is 2.48. The summed E-state index contributed by atoms with van der Waals surface area (Å²) in [5.74, 6) is -17.7. The first-order chi connectivity index (χ1) is 51.0. The minimum absolute atomic E-state index is 0.0266. The molecular formula is C73H104N9O26+. The van der Waals surface area contributed by atoms with E-state index < -0.39 is 190 Å². The van der Waals surface area contributed by atoms with Crippen molar-refractivity contribution < 1.29 is 133 Å². The number of carboxylic acids is 3. The summed E-state index contributed by atoms with van der Waals surface area (Å²) in [6, 6.07) is 11.9. The number of allylic oxidation sites excluding steroid dienone is 6. The number of aliphatic hydroxyl groups excluding tert-OH is 10. The molecule has 3 aromatic rings. The van der Waals surface area contributed by atoms with E-state index in [9.17, 15) is 99.9 Å². The average Bonchev–Trinajstić information content (AvgIpc) is 1.44. The van der Waals surface area contributed by atoms with Crippen molar-refractivity contribution in [2.75, 3.05) is 44.4 Å². The van der Waals surface area contributed by atoms with E-state index in [0.29, 0.717) is 12.1 Å². The molecule has 35 nitrogen and oxygen atoms in total. The number of hydrogen-bond donors (Lipinski definition) is 17. The number of aromatic nitrogens is 3. The molecule has 5 aliphatic heterocycles. The van der Waals surface area contributed by atoms with Gasteiger partial charge in [0.2, 0.25) is 29.3 Å². The van der Waals surface area contributed by atoms with Gasteiger partial charge in [0, 0.05) is 100 Å². The van der Waals surface area contributed by atoms with Crippen LogP contribution in [0.5, 0.6) is 0 Å². The highest BCUT2D eigenvalue weighted by molar-refractivity contribution is 6.03. The molecule has 0 aliphatic carbocycles. The van der Waals surface area contributed by atoms with Crippen molar-refractivity contribution in [3.05, 3.63) is 108 Å². The van der Waals surface area contributed by atoms with Gasteiger partial charge in [0.15, 0.2) is 5.71 Å². The summed E-state index contributed by atoms with van der Waals surface area (Å²) in [6.07, 6.45) is -13.5. The molecule has 3 saturated heterocycles. The number of rotatable bonds is 37. The second kappa shape index (κ2) is 36.6. The zero-order chi connectivity index (χ0) is 79.4. The Morgan fingerprint density at radius 2 is 1.11 bits per heavy atom. The molecular weight excluding hydrogens is 1420 g/mol. The Kier molecular flexibility index (Phi) is 29.0. The Morgan fingerprint density at radius 1 is 0.620 bits per heavy atom. The predicted octanol–water partition coefficient (Wildman–Crippen LogP) is -1.36. The van der Waals surface area contributed by atoms with E-state index in [2.05, 4.69) is 149 Å². The molecule has 35 heteroatoms. The average molecular weight is 1520 g/mol. The largest absolute Gasteiger partial charge is 0.477 e. The van der Waals surface area contributed by atoms with Gasteiger partial charge in [-0.3, -0.25) is 23.9 Å². The first kappa shape index (κ1) is 85.5. The van der Waals surface area contributed by atoms with Crippen LogP contribution in [-0.4, -0.2) is 281 Å². The molecule has 1 aromatic heterocycles. The smallest absolute Gasteiger partial charge is 0.364 e. The van der Waals surface area contributed by atoms with Crippen molar-refractivity contribution >= 4 is 58.6 Å². The number of carbonyl (C=O) groups excluding carboxylic acids is 4. The van der Waals surface area contributed by atoms with E-state index in [1.165, 1.54) is 32.9 Å². The van der Waals surface area contributed by atoms with Crippen LogP contribution >= 0.6 is 0 Å². The molecule has 108 heavy (non-hydrogen) atoms. The van der Waals surface area contributed by atoms with Crippen LogP contribution in [0.1, 0.15) is 130 Å². The summed E-state index contributed by atoms with van der Waals surface area (Å²) in [4.78, 5) is 91.5. The van der Waals surface area contributed by atoms with Gasteiger partial charge in [0.05, 0.1) is 81.0 Å². The molecule has 8 rings (SSSR count). The summed E-state index contributed by atoms with van der Waals surface area (Å²) in [6.45, 7) is 11.7. The number of anilines is 1. The van der Waals surface area contributed by atoms with Gasteiger partial charge < -0.3 is 121 Å². The lowest BCUT2D eigenvalue weighted by molar-refractivity contribution is -0.437. The van der Waals surface area contributed by atoms with Crippen LogP contribution in [0.25, 0.3) is 0 Å². The number of hydrogen-bond acceptors (Lipinski definition) is 26. The van der Waals surface area contributed by atoms with Gasteiger partial charge in [0.1, 0.15) is 67.2 Å². The fourth-order valence-corrected chi connectivity index (χ4v) is 14.6. The number of para-hydroxylation sites is 2. The highest BCUT2D eigenvalue weighted by Gasteiger charge is 2.60. The van der Waals surface area contributed by atoms with Crippen LogP contribution in [-0.2, 0) is 85.9 Å². The minimum Gasteiger partial charge on any atom is -0.477 e. The van der Waals surface area contributed by atoms with Gasteiger partial charge in [-0.2, -0.15) is 4.58 Å². The van der Waals surface area contributed by atoms with Crippen LogP contribution in [0.2, 0.25) is 0 Å². The fraction of sp³-hybridized carbons (Fsp3) is 0.616. The number of nitrogens with one attached hydrogen (secondary N) is 4. The molecule has 18 atom stereocenters. The first-order valence-corrected chi connectivity index (χ1v) is 36.0. The molecule has 17 N–H and O–H groups in total. The number of aliphatic hydroxyl groups is 10. The third kappa shape index (κ3) is 19.5. The Labute approximate surface area is 623 Å². The van der Waals surface area contributed by atoms with E-state index >= 15 is 0 Å². The number of unbranched alkanes of at least 4 members (excludes halogenated alkanes) is 2. The number of amides is 4. The van der Waals surface area contributed by atoms with E-state index in [-0.39, 0.29) is 42.7 Å². The topological polar surface area (TPSA) is 523 Å². The minimum atomic E-state index is -3.20. The second-order valence-electron chi connectivity index (χ2n) is 28.9. The summed E-state index contributed by atoms with van der Waals surface area (Å²) in [7, 11) is 0. The first-order valence-electron chi connectivity index (χ1n) is 36.0. The molecule has 2 aromatic carbocycles. The normalized spacial score (nSPS) is 28.7. The molecule has 596 valence electrons. The Balaban J connectivity index is 0.834. The van der Waals surface area contributed by atoms with Gasteiger partial charge in [-0.15, -0.1) is 5.10 Å². The van der Waals surface area contributed by atoms with E-state index in [1.807, 2.05) is 6.07 Å². The zero-order valence-electron chi connectivity index (χ0n) is 61.6. The van der Waals surface area contributed by atoms with E-state index in [1.54, 1.807) is 6.20 Å².